The Morgan fingerprint density at radius 2 is 1.72 bits per heavy atom. The maximum atomic E-state index is 13.9. The van der Waals surface area contributed by atoms with Crippen molar-refractivity contribution in [1.29, 1.82) is 0 Å². The Morgan fingerprint density at radius 1 is 1.00 bits per heavy atom. The van der Waals surface area contributed by atoms with E-state index in [1.807, 2.05) is 0 Å². The van der Waals surface area contributed by atoms with Gasteiger partial charge in [0, 0.05) is 16.7 Å². The Kier molecular flexibility index (Phi) is 3.24. The highest BCUT2D eigenvalue weighted by Gasteiger charge is 2.13. The quantitative estimate of drug-likeness (QED) is 0.730. The van der Waals surface area contributed by atoms with E-state index >= 15 is 0 Å². The van der Waals surface area contributed by atoms with Gasteiger partial charge in [-0.05, 0) is 37.1 Å². The zero-order valence-electron chi connectivity index (χ0n) is 10.1. The molecule has 2 aromatic carbocycles. The lowest BCUT2D eigenvalue weighted by atomic mass is 9.97. The Labute approximate surface area is 104 Å². The van der Waals surface area contributed by atoms with Gasteiger partial charge in [0.25, 0.3) is 0 Å². The van der Waals surface area contributed by atoms with Gasteiger partial charge in [0.2, 0.25) is 0 Å². The molecule has 0 aromatic heterocycles. The number of carbonyl (C=O) groups excluding carboxylic acids is 1. The molecule has 0 radical (unpaired) electrons. The summed E-state index contributed by atoms with van der Waals surface area (Å²) in [6.07, 6.45) is 0.561. The number of benzene rings is 2. The molecule has 0 heterocycles. The molecule has 0 saturated carbocycles. The molecule has 0 aliphatic heterocycles. The van der Waals surface area contributed by atoms with Gasteiger partial charge in [-0.1, -0.05) is 18.2 Å². The fourth-order valence-electron chi connectivity index (χ4n) is 2.06. The molecule has 0 bridgehead atoms. The lowest BCUT2D eigenvalue weighted by molar-refractivity contribution is 0.112. The second-order valence-electron chi connectivity index (χ2n) is 4.30. The van der Waals surface area contributed by atoms with Crippen molar-refractivity contribution in [1.82, 2.24) is 0 Å². The molecule has 0 saturated heterocycles. The molecule has 1 nitrogen and oxygen atoms in total. The van der Waals surface area contributed by atoms with Crippen LogP contribution in [0.5, 0.6) is 0 Å². The van der Waals surface area contributed by atoms with Crippen LogP contribution in [0.1, 0.15) is 21.5 Å². The molecule has 0 spiro atoms. The Morgan fingerprint density at radius 3 is 2.28 bits per heavy atom. The molecule has 92 valence electrons. The van der Waals surface area contributed by atoms with E-state index in [0.29, 0.717) is 11.8 Å². The average Bonchev–Trinajstić information content (AvgIpc) is 2.29. The van der Waals surface area contributed by atoms with Crippen molar-refractivity contribution in [3.05, 3.63) is 58.7 Å². The van der Waals surface area contributed by atoms with Gasteiger partial charge in [0.15, 0.2) is 0 Å². The summed E-state index contributed by atoms with van der Waals surface area (Å²) in [4.78, 5) is 10.5. The number of hydrogen-bond donors (Lipinski definition) is 0. The van der Waals surface area contributed by atoms with Gasteiger partial charge in [0.1, 0.15) is 17.9 Å². The SMILES string of the molecule is Cc1cc(C)c(-c2ccc(C=O)cc2F)c(F)c1. The molecule has 0 fully saturated rings. The topological polar surface area (TPSA) is 17.1 Å². The first kappa shape index (κ1) is 12.4. The Bertz CT molecular complexity index is 595. The summed E-state index contributed by atoms with van der Waals surface area (Å²) in [5.41, 5.74) is 2.12. The lowest BCUT2D eigenvalue weighted by Crippen LogP contribution is -1.95. The van der Waals surface area contributed by atoms with E-state index < -0.39 is 11.6 Å². The molecule has 0 amide bonds. The third kappa shape index (κ3) is 2.16. The van der Waals surface area contributed by atoms with E-state index in [1.165, 1.54) is 18.2 Å². The highest BCUT2D eigenvalue weighted by atomic mass is 19.1. The van der Waals surface area contributed by atoms with Crippen LogP contribution in [0.25, 0.3) is 11.1 Å². The van der Waals surface area contributed by atoms with E-state index in [1.54, 1.807) is 19.9 Å². The molecular formula is C15H12F2O. The largest absolute Gasteiger partial charge is 0.298 e. The summed E-state index contributed by atoms with van der Waals surface area (Å²) < 4.78 is 27.8. The van der Waals surface area contributed by atoms with Crippen molar-refractivity contribution in [2.45, 2.75) is 13.8 Å². The number of hydrogen-bond acceptors (Lipinski definition) is 1. The summed E-state index contributed by atoms with van der Waals surface area (Å²) in [6, 6.07) is 7.19. The van der Waals surface area contributed by atoms with Crippen molar-refractivity contribution in [2.24, 2.45) is 0 Å². The van der Waals surface area contributed by atoms with Gasteiger partial charge < -0.3 is 0 Å². The van der Waals surface area contributed by atoms with Crippen LogP contribution >= 0.6 is 0 Å². The molecule has 0 aliphatic rings. The number of aryl methyl sites for hydroxylation is 2. The molecule has 2 rings (SSSR count). The second-order valence-corrected chi connectivity index (χ2v) is 4.30. The normalized spacial score (nSPS) is 10.4. The lowest BCUT2D eigenvalue weighted by Gasteiger charge is -2.10. The van der Waals surface area contributed by atoms with Gasteiger partial charge in [-0.3, -0.25) is 4.79 Å². The van der Waals surface area contributed by atoms with E-state index in [-0.39, 0.29) is 16.7 Å². The standard InChI is InChI=1S/C15H12F2O/c1-9-5-10(2)15(14(17)6-9)12-4-3-11(8-18)7-13(12)16/h3-8H,1-2H3. The monoisotopic (exact) mass is 246 g/mol. The molecule has 0 N–H and O–H groups in total. The minimum atomic E-state index is -0.592. The summed E-state index contributed by atoms with van der Waals surface area (Å²) in [5, 5.41) is 0. The average molecular weight is 246 g/mol. The molecule has 2 aromatic rings. The predicted molar refractivity (Wildman–Crippen MR) is 66.7 cm³/mol. The maximum absolute atomic E-state index is 13.9. The van der Waals surface area contributed by atoms with Crippen molar-refractivity contribution >= 4 is 6.29 Å². The summed E-state index contributed by atoms with van der Waals surface area (Å²) >= 11 is 0. The van der Waals surface area contributed by atoms with Gasteiger partial charge in [-0.2, -0.15) is 0 Å². The third-order valence-electron chi connectivity index (χ3n) is 2.83. The van der Waals surface area contributed by atoms with Crippen molar-refractivity contribution in [2.75, 3.05) is 0 Å². The molecule has 0 aliphatic carbocycles. The molecular weight excluding hydrogens is 234 g/mol. The predicted octanol–water partition coefficient (Wildman–Crippen LogP) is 4.06. The van der Waals surface area contributed by atoms with Gasteiger partial charge in [-0.25, -0.2) is 8.78 Å². The first-order chi connectivity index (χ1) is 8.52. The number of rotatable bonds is 2. The van der Waals surface area contributed by atoms with Crippen LogP contribution in [0.15, 0.2) is 30.3 Å². The first-order valence-electron chi connectivity index (χ1n) is 5.55. The first-order valence-corrected chi connectivity index (χ1v) is 5.55. The highest BCUT2D eigenvalue weighted by molar-refractivity contribution is 5.78. The van der Waals surface area contributed by atoms with E-state index in [9.17, 15) is 13.6 Å². The maximum Gasteiger partial charge on any atom is 0.150 e. The van der Waals surface area contributed by atoms with Crippen LogP contribution in [0, 0.1) is 25.5 Å². The van der Waals surface area contributed by atoms with Crippen molar-refractivity contribution < 1.29 is 13.6 Å². The van der Waals surface area contributed by atoms with Crippen LogP contribution < -0.4 is 0 Å². The fourth-order valence-corrected chi connectivity index (χ4v) is 2.06. The van der Waals surface area contributed by atoms with Gasteiger partial charge in [0.05, 0.1) is 0 Å². The van der Waals surface area contributed by atoms with Crippen LogP contribution in [0.3, 0.4) is 0 Å². The van der Waals surface area contributed by atoms with Crippen LogP contribution in [-0.4, -0.2) is 6.29 Å². The summed E-state index contributed by atoms with van der Waals surface area (Å²) in [5.74, 6) is -1.05. The Balaban J connectivity index is 2.66. The number of aldehydes is 1. The minimum Gasteiger partial charge on any atom is -0.298 e. The van der Waals surface area contributed by atoms with Crippen LogP contribution in [-0.2, 0) is 0 Å². The molecule has 0 atom stereocenters. The second kappa shape index (κ2) is 4.69. The van der Waals surface area contributed by atoms with Gasteiger partial charge >= 0.3 is 0 Å². The van der Waals surface area contributed by atoms with Gasteiger partial charge in [-0.15, -0.1) is 0 Å². The zero-order chi connectivity index (χ0) is 13.3. The van der Waals surface area contributed by atoms with Crippen molar-refractivity contribution in [3.63, 3.8) is 0 Å². The Hall–Kier alpha value is -2.03. The summed E-state index contributed by atoms with van der Waals surface area (Å²) in [7, 11) is 0. The molecule has 18 heavy (non-hydrogen) atoms. The van der Waals surface area contributed by atoms with Crippen LogP contribution in [0.4, 0.5) is 8.78 Å². The van der Waals surface area contributed by atoms with Crippen LogP contribution in [0.2, 0.25) is 0 Å². The summed E-state index contributed by atoms with van der Waals surface area (Å²) in [6.45, 7) is 3.52. The van der Waals surface area contributed by atoms with E-state index in [2.05, 4.69) is 0 Å². The smallest absolute Gasteiger partial charge is 0.150 e. The highest BCUT2D eigenvalue weighted by Crippen LogP contribution is 2.30. The zero-order valence-corrected chi connectivity index (χ0v) is 10.1. The minimum absolute atomic E-state index is 0.176. The molecule has 3 heteroatoms. The number of carbonyl (C=O) groups is 1. The molecule has 0 unspecified atom stereocenters. The van der Waals surface area contributed by atoms with E-state index in [4.69, 9.17) is 0 Å². The van der Waals surface area contributed by atoms with Crippen molar-refractivity contribution in [3.8, 4) is 11.1 Å². The van der Waals surface area contributed by atoms with E-state index in [0.717, 1.165) is 11.6 Å². The fraction of sp³-hybridized carbons (Fsp3) is 0.133. The third-order valence-corrected chi connectivity index (χ3v) is 2.83. The number of halogens is 2.